The lowest BCUT2D eigenvalue weighted by atomic mass is 9.88. The number of esters is 1. The summed E-state index contributed by atoms with van der Waals surface area (Å²) in [6.07, 6.45) is 8.56. The average molecular weight is 417 g/mol. The van der Waals surface area contributed by atoms with E-state index in [0.717, 1.165) is 38.5 Å². The van der Waals surface area contributed by atoms with Gasteiger partial charge in [-0.2, -0.15) is 0 Å². The summed E-state index contributed by atoms with van der Waals surface area (Å²) in [6, 6.07) is 1.66. The molecule has 0 fully saturated rings. The average Bonchev–Trinajstić information content (AvgIpc) is 2.75. The van der Waals surface area contributed by atoms with Gasteiger partial charge in [-0.25, -0.2) is 0 Å². The minimum atomic E-state index is -0.577. The number of hydrogen-bond acceptors (Lipinski definition) is 6. The van der Waals surface area contributed by atoms with Crippen LogP contribution in [0.5, 0.6) is 11.5 Å². The fourth-order valence-corrected chi connectivity index (χ4v) is 3.66. The quantitative estimate of drug-likeness (QED) is 0.336. The van der Waals surface area contributed by atoms with Gasteiger partial charge < -0.3 is 14.2 Å². The van der Waals surface area contributed by atoms with Crippen LogP contribution in [0.15, 0.2) is 18.2 Å². The monoisotopic (exact) mass is 416 g/mol. The summed E-state index contributed by atoms with van der Waals surface area (Å²) < 4.78 is 16.8. The molecule has 0 N–H and O–H groups in total. The van der Waals surface area contributed by atoms with Crippen LogP contribution in [0.1, 0.15) is 97.6 Å². The number of allylic oxidation sites excluding steroid dienone is 2. The number of fused-ring (bicyclic) bond motifs is 1. The van der Waals surface area contributed by atoms with Crippen molar-refractivity contribution in [2.24, 2.45) is 0 Å². The van der Waals surface area contributed by atoms with Crippen LogP contribution in [-0.2, 0) is 9.53 Å². The molecule has 0 bridgehead atoms. The van der Waals surface area contributed by atoms with Crippen molar-refractivity contribution < 1.29 is 28.6 Å². The standard InChI is InChI=1S/C24H32O6/c1-5-7-9-10-12-21(27)30-19(11-8-6-2)16-15-20(28-3)22-17(25)13-14-18(26)23(22)24(16)29-4/h13-15,19H,5-12H2,1-4H3. The first kappa shape index (κ1) is 23.6. The Labute approximate surface area is 178 Å². The van der Waals surface area contributed by atoms with Crippen LogP contribution < -0.4 is 9.47 Å². The molecule has 1 aliphatic carbocycles. The lowest BCUT2D eigenvalue weighted by molar-refractivity contribution is -0.150. The second kappa shape index (κ2) is 11.5. The molecule has 0 heterocycles. The number of methoxy groups -OCH3 is 2. The van der Waals surface area contributed by atoms with Gasteiger partial charge in [0.2, 0.25) is 0 Å². The maximum atomic E-state index is 12.6. The lowest BCUT2D eigenvalue weighted by Gasteiger charge is -2.25. The first-order chi connectivity index (χ1) is 14.5. The summed E-state index contributed by atoms with van der Waals surface area (Å²) in [5.41, 5.74) is 0.908. The predicted octanol–water partition coefficient (Wildman–Crippen LogP) is 5.38. The first-order valence-electron chi connectivity index (χ1n) is 10.7. The van der Waals surface area contributed by atoms with E-state index < -0.39 is 6.10 Å². The van der Waals surface area contributed by atoms with Crippen LogP contribution in [0.25, 0.3) is 0 Å². The molecular formula is C24H32O6. The molecule has 0 radical (unpaired) electrons. The van der Waals surface area contributed by atoms with Gasteiger partial charge in [-0.15, -0.1) is 0 Å². The highest BCUT2D eigenvalue weighted by Crippen LogP contribution is 2.42. The number of unbranched alkanes of at least 4 members (excludes halogenated alkanes) is 4. The Balaban J connectivity index is 2.43. The van der Waals surface area contributed by atoms with Gasteiger partial charge >= 0.3 is 5.97 Å². The SMILES string of the molecule is CCCCCCC(=O)OC(CCCC)c1cc(OC)c2c(c1OC)C(=O)C=CC2=O. The summed E-state index contributed by atoms with van der Waals surface area (Å²) in [7, 11) is 2.90. The molecule has 0 aromatic heterocycles. The molecular weight excluding hydrogens is 384 g/mol. The normalized spacial score (nSPS) is 13.7. The minimum absolute atomic E-state index is 0.167. The van der Waals surface area contributed by atoms with E-state index >= 15 is 0 Å². The van der Waals surface area contributed by atoms with E-state index in [1.165, 1.54) is 26.4 Å². The number of ketones is 2. The number of hydrogen-bond donors (Lipinski definition) is 0. The zero-order valence-electron chi connectivity index (χ0n) is 18.4. The molecule has 1 aromatic carbocycles. The van der Waals surface area contributed by atoms with Crippen molar-refractivity contribution in [2.75, 3.05) is 14.2 Å². The van der Waals surface area contributed by atoms with Gasteiger partial charge in [0.15, 0.2) is 11.6 Å². The van der Waals surface area contributed by atoms with Crippen LogP contribution in [0.4, 0.5) is 0 Å². The zero-order chi connectivity index (χ0) is 22.1. The van der Waals surface area contributed by atoms with E-state index in [1.807, 2.05) is 0 Å². The maximum absolute atomic E-state index is 12.6. The molecule has 0 spiro atoms. The zero-order valence-corrected chi connectivity index (χ0v) is 18.4. The van der Waals surface area contributed by atoms with E-state index in [2.05, 4.69) is 13.8 Å². The molecule has 0 amide bonds. The van der Waals surface area contributed by atoms with Crippen molar-refractivity contribution in [1.29, 1.82) is 0 Å². The molecule has 1 aromatic rings. The molecule has 0 saturated carbocycles. The van der Waals surface area contributed by atoms with Crippen molar-refractivity contribution in [3.8, 4) is 11.5 Å². The van der Waals surface area contributed by atoms with Gasteiger partial charge in [-0.3, -0.25) is 14.4 Å². The third-order valence-corrected chi connectivity index (χ3v) is 5.25. The number of ether oxygens (including phenoxy) is 3. The molecule has 6 nitrogen and oxygen atoms in total. The highest BCUT2D eigenvalue weighted by Gasteiger charge is 2.32. The molecule has 30 heavy (non-hydrogen) atoms. The summed E-state index contributed by atoms with van der Waals surface area (Å²) >= 11 is 0. The number of carbonyl (C=O) groups excluding carboxylic acids is 3. The number of rotatable bonds is 12. The van der Waals surface area contributed by atoms with E-state index in [-0.39, 0.29) is 40.2 Å². The minimum Gasteiger partial charge on any atom is -0.496 e. The third-order valence-electron chi connectivity index (χ3n) is 5.25. The molecule has 1 unspecified atom stereocenters. The molecule has 1 aliphatic rings. The molecule has 2 rings (SSSR count). The smallest absolute Gasteiger partial charge is 0.306 e. The maximum Gasteiger partial charge on any atom is 0.306 e. The van der Waals surface area contributed by atoms with Gasteiger partial charge in [0.1, 0.15) is 17.6 Å². The van der Waals surface area contributed by atoms with Gasteiger partial charge in [0, 0.05) is 12.0 Å². The molecule has 6 heteroatoms. The van der Waals surface area contributed by atoms with Gasteiger partial charge in [0.25, 0.3) is 0 Å². The highest BCUT2D eigenvalue weighted by atomic mass is 16.5. The number of carbonyl (C=O) groups is 3. The summed E-state index contributed by atoms with van der Waals surface area (Å²) in [6.45, 7) is 4.18. The molecule has 0 saturated heterocycles. The first-order valence-corrected chi connectivity index (χ1v) is 10.7. The Morgan fingerprint density at radius 3 is 2.17 bits per heavy atom. The Kier molecular flexibility index (Phi) is 9.09. The van der Waals surface area contributed by atoms with Crippen LogP contribution in [0.3, 0.4) is 0 Å². The fourth-order valence-electron chi connectivity index (χ4n) is 3.66. The van der Waals surface area contributed by atoms with E-state index in [0.29, 0.717) is 18.4 Å². The van der Waals surface area contributed by atoms with Crippen LogP contribution in [0.2, 0.25) is 0 Å². The molecule has 1 atom stereocenters. The van der Waals surface area contributed by atoms with Crippen molar-refractivity contribution in [3.05, 3.63) is 34.9 Å². The largest absolute Gasteiger partial charge is 0.496 e. The molecule has 164 valence electrons. The third kappa shape index (κ3) is 5.49. The van der Waals surface area contributed by atoms with E-state index in [9.17, 15) is 14.4 Å². The topological polar surface area (TPSA) is 78.9 Å². The van der Waals surface area contributed by atoms with Crippen molar-refractivity contribution in [2.45, 2.75) is 71.3 Å². The summed E-state index contributed by atoms with van der Waals surface area (Å²) in [5, 5.41) is 0. The Morgan fingerprint density at radius 2 is 1.57 bits per heavy atom. The van der Waals surface area contributed by atoms with E-state index in [4.69, 9.17) is 14.2 Å². The second-order valence-corrected chi connectivity index (χ2v) is 7.44. The van der Waals surface area contributed by atoms with E-state index in [1.54, 1.807) is 6.07 Å². The van der Waals surface area contributed by atoms with Gasteiger partial charge in [-0.05, 0) is 37.5 Å². The second-order valence-electron chi connectivity index (χ2n) is 7.44. The summed E-state index contributed by atoms with van der Waals surface area (Å²) in [4.78, 5) is 37.5. The van der Waals surface area contributed by atoms with Crippen LogP contribution in [0, 0.1) is 0 Å². The molecule has 0 aliphatic heterocycles. The van der Waals surface area contributed by atoms with Crippen molar-refractivity contribution in [1.82, 2.24) is 0 Å². The summed E-state index contributed by atoms with van der Waals surface area (Å²) in [5.74, 6) is -0.364. The van der Waals surface area contributed by atoms with Crippen molar-refractivity contribution in [3.63, 3.8) is 0 Å². The predicted molar refractivity (Wildman–Crippen MR) is 114 cm³/mol. The van der Waals surface area contributed by atoms with Crippen LogP contribution >= 0.6 is 0 Å². The van der Waals surface area contributed by atoms with Gasteiger partial charge in [0.05, 0.1) is 25.3 Å². The Morgan fingerprint density at radius 1 is 0.900 bits per heavy atom. The van der Waals surface area contributed by atoms with Gasteiger partial charge in [-0.1, -0.05) is 39.5 Å². The highest BCUT2D eigenvalue weighted by molar-refractivity contribution is 6.24. The van der Waals surface area contributed by atoms with Crippen LogP contribution in [-0.4, -0.2) is 31.8 Å². The number of benzene rings is 1. The lowest BCUT2D eigenvalue weighted by Crippen LogP contribution is -2.19. The Hall–Kier alpha value is -2.63. The van der Waals surface area contributed by atoms with Crippen molar-refractivity contribution >= 4 is 17.5 Å². The Bertz CT molecular complexity index is 808. The fraction of sp³-hybridized carbons (Fsp3) is 0.542.